The lowest BCUT2D eigenvalue weighted by molar-refractivity contribution is -0.140. The number of carbonyl (C=O) groups excluding carboxylic acids is 2. The van der Waals surface area contributed by atoms with Crippen molar-refractivity contribution in [2.75, 3.05) is 34.3 Å². The Balaban J connectivity index is 2.08. The summed E-state index contributed by atoms with van der Waals surface area (Å²) in [6.07, 6.45) is 0.671. The molecule has 1 fully saturated rings. The summed E-state index contributed by atoms with van der Waals surface area (Å²) in [5, 5.41) is 11.3. The smallest absolute Gasteiger partial charge is 0.295 e. The molecule has 0 aliphatic carbocycles. The van der Waals surface area contributed by atoms with Crippen molar-refractivity contribution in [1.82, 2.24) is 9.80 Å². The van der Waals surface area contributed by atoms with Gasteiger partial charge in [0, 0.05) is 12.1 Å². The first-order chi connectivity index (χ1) is 14.2. The number of aliphatic hydroxyl groups is 1. The van der Waals surface area contributed by atoms with Gasteiger partial charge >= 0.3 is 0 Å². The number of hydrogen-bond acceptors (Lipinski definition) is 6. The molecule has 1 aliphatic rings. The molecule has 0 spiro atoms. The minimum absolute atomic E-state index is 0.0135. The molecule has 1 aromatic heterocycles. The van der Waals surface area contributed by atoms with E-state index in [0.29, 0.717) is 35.8 Å². The van der Waals surface area contributed by atoms with Crippen LogP contribution in [0.25, 0.3) is 5.76 Å². The maximum Gasteiger partial charge on any atom is 0.295 e. The molecule has 1 amide bonds. The fourth-order valence-electron chi connectivity index (χ4n) is 3.53. The van der Waals surface area contributed by atoms with Crippen molar-refractivity contribution in [2.45, 2.75) is 19.4 Å². The predicted molar refractivity (Wildman–Crippen MR) is 114 cm³/mol. The number of methoxy groups -OCH3 is 1. The third-order valence-electron chi connectivity index (χ3n) is 5.00. The molecule has 3 rings (SSSR count). The van der Waals surface area contributed by atoms with Crippen molar-refractivity contribution in [3.63, 3.8) is 0 Å². The summed E-state index contributed by atoms with van der Waals surface area (Å²) in [7, 11) is 5.36. The first kappa shape index (κ1) is 21.9. The van der Waals surface area contributed by atoms with Crippen LogP contribution in [-0.2, 0) is 9.59 Å². The van der Waals surface area contributed by atoms with Gasteiger partial charge in [-0.2, -0.15) is 0 Å². The van der Waals surface area contributed by atoms with Gasteiger partial charge in [0.2, 0.25) is 0 Å². The van der Waals surface area contributed by atoms with Crippen LogP contribution in [0.15, 0.2) is 40.3 Å². The first-order valence-electron chi connectivity index (χ1n) is 9.58. The van der Waals surface area contributed by atoms with Crippen molar-refractivity contribution in [3.8, 4) is 5.75 Å². The quantitative estimate of drug-likeness (QED) is 0.408. The average Bonchev–Trinajstić information content (AvgIpc) is 3.23. The van der Waals surface area contributed by atoms with Crippen LogP contribution < -0.4 is 4.74 Å². The summed E-state index contributed by atoms with van der Waals surface area (Å²) >= 11 is 6.18. The Hall–Kier alpha value is -2.77. The number of amides is 1. The number of ether oxygens (including phenoxy) is 1. The van der Waals surface area contributed by atoms with Crippen molar-refractivity contribution < 1.29 is 23.8 Å². The van der Waals surface area contributed by atoms with Gasteiger partial charge in [-0.1, -0.05) is 11.6 Å². The van der Waals surface area contributed by atoms with E-state index in [0.717, 1.165) is 6.54 Å². The number of hydrogen-bond donors (Lipinski definition) is 1. The Kier molecular flexibility index (Phi) is 6.53. The minimum Gasteiger partial charge on any atom is -0.507 e. The SMILES string of the molecule is COc1ccc(/C(O)=C2\C(=O)C(=O)N(CCCN(C)C)[C@@H]2c2ccc(C)o2)cc1Cl. The zero-order valence-electron chi connectivity index (χ0n) is 17.4. The second-order valence-electron chi connectivity index (χ2n) is 7.45. The summed E-state index contributed by atoms with van der Waals surface area (Å²) in [6, 6.07) is 7.36. The number of Topliss-reactive ketones (excluding diaryl/α,β-unsaturated/α-hetero) is 1. The largest absolute Gasteiger partial charge is 0.507 e. The topological polar surface area (TPSA) is 83.2 Å². The van der Waals surface area contributed by atoms with Crippen LogP contribution >= 0.6 is 11.6 Å². The molecule has 2 heterocycles. The fourth-order valence-corrected chi connectivity index (χ4v) is 3.79. The third-order valence-corrected chi connectivity index (χ3v) is 5.30. The highest BCUT2D eigenvalue weighted by Crippen LogP contribution is 2.40. The summed E-state index contributed by atoms with van der Waals surface area (Å²) in [5.41, 5.74) is 0.306. The van der Waals surface area contributed by atoms with Crippen LogP contribution in [0.2, 0.25) is 5.02 Å². The molecule has 1 saturated heterocycles. The van der Waals surface area contributed by atoms with Gasteiger partial charge in [0.05, 0.1) is 17.7 Å². The van der Waals surface area contributed by atoms with Crippen LogP contribution in [0.5, 0.6) is 5.75 Å². The Morgan fingerprint density at radius 3 is 2.57 bits per heavy atom. The van der Waals surface area contributed by atoms with Gasteiger partial charge in [0.1, 0.15) is 29.1 Å². The molecule has 1 aliphatic heterocycles. The van der Waals surface area contributed by atoms with Crippen LogP contribution in [-0.4, -0.2) is 60.9 Å². The lowest BCUT2D eigenvalue weighted by Crippen LogP contribution is -2.32. The van der Waals surface area contributed by atoms with E-state index in [-0.39, 0.29) is 16.4 Å². The van der Waals surface area contributed by atoms with Crippen LogP contribution in [0.1, 0.15) is 29.5 Å². The average molecular weight is 433 g/mol. The molecule has 0 bridgehead atoms. The number of aliphatic hydroxyl groups excluding tert-OH is 1. The van der Waals surface area contributed by atoms with Crippen LogP contribution in [0, 0.1) is 6.92 Å². The molecule has 1 N–H and O–H groups in total. The van der Waals surface area contributed by atoms with Crippen molar-refractivity contribution >= 4 is 29.1 Å². The van der Waals surface area contributed by atoms with Gasteiger partial charge in [0.25, 0.3) is 11.7 Å². The normalized spacial score (nSPS) is 18.5. The van der Waals surface area contributed by atoms with E-state index in [9.17, 15) is 14.7 Å². The Morgan fingerprint density at radius 1 is 1.27 bits per heavy atom. The summed E-state index contributed by atoms with van der Waals surface area (Å²) in [5.74, 6) is -0.186. The number of rotatable bonds is 7. The van der Waals surface area contributed by atoms with E-state index in [2.05, 4.69) is 0 Å². The number of furan rings is 1. The second kappa shape index (κ2) is 8.93. The Bertz CT molecular complexity index is 995. The molecule has 7 nitrogen and oxygen atoms in total. The molecule has 160 valence electrons. The number of aryl methyl sites for hydroxylation is 1. The highest BCUT2D eigenvalue weighted by Gasteiger charge is 2.47. The summed E-state index contributed by atoms with van der Waals surface area (Å²) < 4.78 is 10.9. The standard InChI is InChI=1S/C22H25ClN2O5/c1-13-6-8-17(30-13)19-18(20(26)14-7-9-16(29-4)15(23)12-14)21(27)22(28)25(19)11-5-10-24(2)3/h6-9,12,19,26H,5,10-11H2,1-4H3/b20-18+/t19-/m1/s1. The van der Waals surface area contributed by atoms with Gasteiger partial charge in [-0.25, -0.2) is 0 Å². The lowest BCUT2D eigenvalue weighted by atomic mass is 9.99. The van der Waals surface area contributed by atoms with E-state index >= 15 is 0 Å². The molecule has 0 saturated carbocycles. The van der Waals surface area contributed by atoms with Crippen LogP contribution in [0.4, 0.5) is 0 Å². The number of carbonyl (C=O) groups is 2. The molecule has 2 aromatic rings. The fraction of sp³-hybridized carbons (Fsp3) is 0.364. The molecular formula is C22H25ClN2O5. The van der Waals surface area contributed by atoms with Gasteiger partial charge < -0.3 is 24.1 Å². The molecule has 1 atom stereocenters. The van der Waals surface area contributed by atoms with Gasteiger partial charge in [0.15, 0.2) is 0 Å². The lowest BCUT2D eigenvalue weighted by Gasteiger charge is -2.24. The number of likely N-dealkylation sites (tertiary alicyclic amines) is 1. The number of ketones is 1. The Morgan fingerprint density at radius 2 is 2.00 bits per heavy atom. The number of benzene rings is 1. The Labute approximate surface area is 180 Å². The molecule has 0 radical (unpaired) electrons. The predicted octanol–water partition coefficient (Wildman–Crippen LogP) is 3.62. The third kappa shape index (κ3) is 4.22. The molecule has 30 heavy (non-hydrogen) atoms. The maximum absolute atomic E-state index is 12.9. The monoisotopic (exact) mass is 432 g/mol. The van der Waals surface area contributed by atoms with Crippen molar-refractivity contribution in [3.05, 3.63) is 58.0 Å². The first-order valence-corrected chi connectivity index (χ1v) is 9.95. The van der Waals surface area contributed by atoms with E-state index in [1.54, 1.807) is 31.2 Å². The van der Waals surface area contributed by atoms with Crippen molar-refractivity contribution in [1.29, 1.82) is 0 Å². The summed E-state index contributed by atoms with van der Waals surface area (Å²) in [4.78, 5) is 29.2. The summed E-state index contributed by atoms with van der Waals surface area (Å²) in [6.45, 7) is 2.89. The van der Waals surface area contributed by atoms with E-state index in [1.807, 2.05) is 19.0 Å². The van der Waals surface area contributed by atoms with Gasteiger partial charge in [-0.15, -0.1) is 0 Å². The van der Waals surface area contributed by atoms with Gasteiger partial charge in [-0.05, 0) is 64.3 Å². The minimum atomic E-state index is -0.804. The molecule has 1 aromatic carbocycles. The molecule has 8 heteroatoms. The maximum atomic E-state index is 12.9. The van der Waals surface area contributed by atoms with E-state index in [4.69, 9.17) is 20.8 Å². The highest BCUT2D eigenvalue weighted by molar-refractivity contribution is 6.46. The molecule has 0 unspecified atom stereocenters. The zero-order chi connectivity index (χ0) is 22.0. The van der Waals surface area contributed by atoms with Crippen molar-refractivity contribution in [2.24, 2.45) is 0 Å². The van der Waals surface area contributed by atoms with E-state index < -0.39 is 17.7 Å². The van der Waals surface area contributed by atoms with E-state index in [1.165, 1.54) is 18.1 Å². The zero-order valence-corrected chi connectivity index (χ0v) is 18.2. The van der Waals surface area contributed by atoms with Crippen LogP contribution in [0.3, 0.4) is 0 Å². The molecular weight excluding hydrogens is 408 g/mol. The second-order valence-corrected chi connectivity index (χ2v) is 7.85. The highest BCUT2D eigenvalue weighted by atomic mass is 35.5. The number of halogens is 1. The number of nitrogens with zero attached hydrogens (tertiary/aromatic N) is 2. The van der Waals surface area contributed by atoms with Gasteiger partial charge in [-0.3, -0.25) is 9.59 Å².